The van der Waals surface area contributed by atoms with Crippen molar-refractivity contribution in [1.82, 2.24) is 4.90 Å². The molecule has 0 radical (unpaired) electrons. The summed E-state index contributed by atoms with van der Waals surface area (Å²) in [4.78, 5) is 25.7. The maximum atomic E-state index is 12.4. The smallest absolute Gasteiger partial charge is 0.328 e. The molecule has 1 amide bonds. The number of amides is 1. The van der Waals surface area contributed by atoms with Crippen LogP contribution in [0.2, 0.25) is 5.02 Å². The first kappa shape index (κ1) is 16.0. The zero-order valence-electron chi connectivity index (χ0n) is 11.3. The molecule has 1 saturated heterocycles. The summed E-state index contributed by atoms with van der Waals surface area (Å²) in [5, 5.41) is 0.545. The summed E-state index contributed by atoms with van der Waals surface area (Å²) in [6.07, 6.45) is 1.67. The van der Waals surface area contributed by atoms with Crippen LogP contribution in [0.25, 0.3) is 6.08 Å². The average Bonchev–Trinajstić information content (AvgIpc) is 2.74. The minimum absolute atomic E-state index is 0.317. The van der Waals surface area contributed by atoms with Crippen LogP contribution in [0.1, 0.15) is 12.5 Å². The van der Waals surface area contributed by atoms with E-state index in [1.807, 2.05) is 12.1 Å². The maximum absolute atomic E-state index is 12.4. The summed E-state index contributed by atoms with van der Waals surface area (Å²) in [6.45, 7) is 1.58. The lowest BCUT2D eigenvalue weighted by atomic mass is 10.2. The Morgan fingerprint density at radius 3 is 2.76 bits per heavy atom. The Hall–Kier alpha value is -1.37. The number of ether oxygens (including phenoxy) is 1. The van der Waals surface area contributed by atoms with Crippen molar-refractivity contribution in [2.75, 3.05) is 7.11 Å². The minimum Gasteiger partial charge on any atom is -0.467 e. The number of methoxy groups -OCH3 is 1. The van der Waals surface area contributed by atoms with Crippen molar-refractivity contribution in [3.8, 4) is 0 Å². The summed E-state index contributed by atoms with van der Waals surface area (Å²) in [5.41, 5.74) is 0.727. The van der Waals surface area contributed by atoms with Gasteiger partial charge in [-0.05, 0) is 24.6 Å². The van der Waals surface area contributed by atoms with Crippen molar-refractivity contribution in [1.29, 1.82) is 0 Å². The molecule has 0 saturated carbocycles. The number of thioether (sulfide) groups is 1. The number of benzene rings is 1. The molecular formula is C14H12ClNO3S2. The molecule has 1 atom stereocenters. The Kier molecular flexibility index (Phi) is 5.03. The molecule has 1 aliphatic rings. The van der Waals surface area contributed by atoms with E-state index in [4.69, 9.17) is 23.8 Å². The highest BCUT2D eigenvalue weighted by Crippen LogP contribution is 2.35. The third kappa shape index (κ3) is 3.28. The summed E-state index contributed by atoms with van der Waals surface area (Å²) >= 11 is 12.4. The number of nitrogens with zero attached hydrogens (tertiary/aromatic N) is 1. The van der Waals surface area contributed by atoms with E-state index < -0.39 is 12.0 Å². The summed E-state index contributed by atoms with van der Waals surface area (Å²) in [6, 6.07) is 6.43. The van der Waals surface area contributed by atoms with Gasteiger partial charge in [0.25, 0.3) is 5.91 Å². The highest BCUT2D eigenvalue weighted by molar-refractivity contribution is 8.26. The fourth-order valence-corrected chi connectivity index (χ4v) is 3.42. The Morgan fingerprint density at radius 1 is 1.48 bits per heavy atom. The number of carbonyl (C=O) groups is 2. The first-order valence-corrected chi connectivity index (χ1v) is 7.65. The molecule has 4 nitrogen and oxygen atoms in total. The number of hydrogen-bond donors (Lipinski definition) is 0. The second-order valence-electron chi connectivity index (χ2n) is 4.27. The largest absolute Gasteiger partial charge is 0.467 e. The monoisotopic (exact) mass is 341 g/mol. The zero-order valence-corrected chi connectivity index (χ0v) is 13.7. The Morgan fingerprint density at radius 2 is 2.14 bits per heavy atom. The molecule has 0 unspecified atom stereocenters. The molecule has 1 aromatic carbocycles. The van der Waals surface area contributed by atoms with Crippen LogP contribution in [-0.4, -0.2) is 34.2 Å². The predicted molar refractivity (Wildman–Crippen MR) is 87.9 cm³/mol. The van der Waals surface area contributed by atoms with Gasteiger partial charge >= 0.3 is 5.97 Å². The molecule has 1 fully saturated rings. The maximum Gasteiger partial charge on any atom is 0.328 e. The van der Waals surface area contributed by atoms with Crippen LogP contribution in [0.15, 0.2) is 29.2 Å². The van der Waals surface area contributed by atoms with Crippen molar-refractivity contribution in [3.05, 3.63) is 39.8 Å². The molecule has 0 N–H and O–H groups in total. The third-order valence-electron chi connectivity index (χ3n) is 2.94. The molecule has 7 heteroatoms. The van der Waals surface area contributed by atoms with Crippen molar-refractivity contribution in [2.24, 2.45) is 0 Å². The van der Waals surface area contributed by atoms with E-state index in [9.17, 15) is 9.59 Å². The zero-order chi connectivity index (χ0) is 15.6. The molecule has 0 aromatic heterocycles. The lowest BCUT2D eigenvalue weighted by molar-refractivity contribution is -0.147. The Balaban J connectivity index is 2.30. The fraction of sp³-hybridized carbons (Fsp3) is 0.214. The van der Waals surface area contributed by atoms with Gasteiger partial charge in [-0.1, -0.05) is 53.8 Å². The van der Waals surface area contributed by atoms with Crippen LogP contribution < -0.4 is 0 Å². The summed E-state index contributed by atoms with van der Waals surface area (Å²) in [7, 11) is 1.27. The van der Waals surface area contributed by atoms with Gasteiger partial charge in [-0.2, -0.15) is 0 Å². The van der Waals surface area contributed by atoms with E-state index in [1.54, 1.807) is 25.1 Å². The molecule has 110 valence electrons. The van der Waals surface area contributed by atoms with E-state index in [2.05, 4.69) is 4.74 Å². The average molecular weight is 342 g/mol. The minimum atomic E-state index is -0.750. The van der Waals surface area contributed by atoms with Crippen molar-refractivity contribution in [2.45, 2.75) is 13.0 Å². The Bertz CT molecular complexity index is 645. The van der Waals surface area contributed by atoms with Gasteiger partial charge in [0.05, 0.1) is 12.0 Å². The third-order valence-corrected chi connectivity index (χ3v) is 4.62. The van der Waals surface area contributed by atoms with Crippen molar-refractivity contribution >= 4 is 57.9 Å². The number of esters is 1. The molecule has 2 rings (SSSR count). The second kappa shape index (κ2) is 6.60. The van der Waals surface area contributed by atoms with Crippen molar-refractivity contribution in [3.63, 3.8) is 0 Å². The van der Waals surface area contributed by atoms with E-state index in [0.29, 0.717) is 14.2 Å². The van der Waals surface area contributed by atoms with Gasteiger partial charge in [0.2, 0.25) is 0 Å². The van der Waals surface area contributed by atoms with Gasteiger partial charge in [-0.3, -0.25) is 9.69 Å². The number of halogens is 1. The predicted octanol–water partition coefficient (Wildman–Crippen LogP) is 3.10. The molecule has 0 bridgehead atoms. The van der Waals surface area contributed by atoms with E-state index in [1.165, 1.54) is 12.0 Å². The van der Waals surface area contributed by atoms with Crippen LogP contribution in [0, 0.1) is 0 Å². The number of hydrogen-bond acceptors (Lipinski definition) is 5. The van der Waals surface area contributed by atoms with Crippen LogP contribution >= 0.6 is 35.6 Å². The Labute approximate surface area is 137 Å². The van der Waals surface area contributed by atoms with Gasteiger partial charge in [0.1, 0.15) is 10.4 Å². The normalized spacial score (nSPS) is 18.2. The van der Waals surface area contributed by atoms with E-state index in [0.717, 1.165) is 17.3 Å². The SMILES string of the molecule is COC(=O)[C@H](C)N1C(=O)/C(=C/c2ccccc2Cl)SC1=S. The quantitative estimate of drug-likeness (QED) is 0.480. The summed E-state index contributed by atoms with van der Waals surface area (Å²) < 4.78 is 4.98. The van der Waals surface area contributed by atoms with Gasteiger partial charge < -0.3 is 4.74 Å². The molecule has 0 spiro atoms. The standard InChI is InChI=1S/C14H12ClNO3S2/c1-8(13(18)19-2)16-12(17)11(21-14(16)20)7-9-5-3-4-6-10(9)15/h3-8H,1-2H3/b11-7-/t8-/m0/s1. The topological polar surface area (TPSA) is 46.6 Å². The number of rotatable bonds is 3. The van der Waals surface area contributed by atoms with Crippen LogP contribution in [0.4, 0.5) is 0 Å². The van der Waals surface area contributed by atoms with Crippen LogP contribution in [0.3, 0.4) is 0 Å². The van der Waals surface area contributed by atoms with Gasteiger partial charge in [-0.15, -0.1) is 0 Å². The van der Waals surface area contributed by atoms with E-state index in [-0.39, 0.29) is 5.91 Å². The van der Waals surface area contributed by atoms with Crippen LogP contribution in [-0.2, 0) is 14.3 Å². The first-order chi connectivity index (χ1) is 9.95. The molecule has 1 heterocycles. The molecule has 21 heavy (non-hydrogen) atoms. The number of carbonyl (C=O) groups excluding carboxylic acids is 2. The second-order valence-corrected chi connectivity index (χ2v) is 6.36. The van der Waals surface area contributed by atoms with E-state index >= 15 is 0 Å². The molecule has 0 aliphatic carbocycles. The number of thiocarbonyl (C=S) groups is 1. The highest BCUT2D eigenvalue weighted by Gasteiger charge is 2.38. The van der Waals surface area contributed by atoms with Crippen molar-refractivity contribution < 1.29 is 14.3 Å². The lowest BCUT2D eigenvalue weighted by Gasteiger charge is -2.20. The molecule has 1 aliphatic heterocycles. The van der Waals surface area contributed by atoms with Gasteiger partial charge in [0.15, 0.2) is 0 Å². The summed E-state index contributed by atoms with van der Waals surface area (Å²) in [5.74, 6) is -0.826. The molecule has 1 aromatic rings. The first-order valence-electron chi connectivity index (χ1n) is 6.05. The van der Waals surface area contributed by atoms with Gasteiger partial charge in [0, 0.05) is 5.02 Å². The van der Waals surface area contributed by atoms with Crippen LogP contribution in [0.5, 0.6) is 0 Å². The van der Waals surface area contributed by atoms with Gasteiger partial charge in [-0.25, -0.2) is 4.79 Å². The highest BCUT2D eigenvalue weighted by atomic mass is 35.5. The fourth-order valence-electron chi connectivity index (χ4n) is 1.82. The molecular weight excluding hydrogens is 330 g/mol. The lowest BCUT2D eigenvalue weighted by Crippen LogP contribution is -2.42.